The van der Waals surface area contributed by atoms with Crippen molar-refractivity contribution < 1.29 is 4.74 Å². The Morgan fingerprint density at radius 3 is 2.72 bits per heavy atom. The first-order chi connectivity index (χ1) is 8.69. The lowest BCUT2D eigenvalue weighted by Crippen LogP contribution is -2.15. The van der Waals surface area contributed by atoms with E-state index in [2.05, 4.69) is 51.2 Å². The molecule has 0 saturated heterocycles. The molecule has 0 fully saturated rings. The van der Waals surface area contributed by atoms with Crippen LogP contribution in [-0.2, 0) is 6.54 Å². The molecule has 0 spiro atoms. The molecule has 0 aromatic heterocycles. The van der Waals surface area contributed by atoms with Crippen molar-refractivity contribution in [2.45, 2.75) is 47.1 Å². The molecule has 0 aliphatic rings. The first-order valence-corrected chi connectivity index (χ1v) is 7.11. The van der Waals surface area contributed by atoms with Crippen LogP contribution in [0.25, 0.3) is 0 Å². The molecule has 1 aromatic rings. The molecule has 1 rings (SSSR count). The van der Waals surface area contributed by atoms with Crippen LogP contribution in [0.15, 0.2) is 18.2 Å². The fraction of sp³-hybridized carbons (Fsp3) is 0.625. The standard InChI is InChI=1S/C16H27NO/c1-5-8-13(3)12-18-16-14(4)9-7-10-15(16)11-17-6-2/h7,9-10,13,17H,5-6,8,11-12H2,1-4H3. The highest BCUT2D eigenvalue weighted by molar-refractivity contribution is 5.40. The Labute approximate surface area is 112 Å². The molecule has 102 valence electrons. The number of hydrogen-bond donors (Lipinski definition) is 1. The third-order valence-corrected chi connectivity index (χ3v) is 3.15. The molecular weight excluding hydrogens is 222 g/mol. The van der Waals surface area contributed by atoms with Crippen LogP contribution in [0.1, 0.15) is 44.7 Å². The SMILES string of the molecule is CCCC(C)COc1c(C)cccc1CNCC. The lowest BCUT2D eigenvalue weighted by molar-refractivity contribution is 0.247. The molecule has 0 radical (unpaired) electrons. The van der Waals surface area contributed by atoms with Gasteiger partial charge >= 0.3 is 0 Å². The van der Waals surface area contributed by atoms with Crippen molar-refractivity contribution in [1.29, 1.82) is 0 Å². The maximum absolute atomic E-state index is 6.04. The monoisotopic (exact) mass is 249 g/mol. The zero-order chi connectivity index (χ0) is 13.4. The normalized spacial score (nSPS) is 12.4. The summed E-state index contributed by atoms with van der Waals surface area (Å²) in [5.41, 5.74) is 2.50. The van der Waals surface area contributed by atoms with E-state index in [1.165, 1.54) is 24.0 Å². The molecule has 0 heterocycles. The number of hydrogen-bond acceptors (Lipinski definition) is 2. The quantitative estimate of drug-likeness (QED) is 0.754. The highest BCUT2D eigenvalue weighted by Gasteiger charge is 2.08. The van der Waals surface area contributed by atoms with Crippen LogP contribution < -0.4 is 10.1 Å². The molecular formula is C16H27NO. The van der Waals surface area contributed by atoms with E-state index >= 15 is 0 Å². The van der Waals surface area contributed by atoms with Crippen molar-refractivity contribution in [3.8, 4) is 5.75 Å². The Morgan fingerprint density at radius 2 is 2.06 bits per heavy atom. The van der Waals surface area contributed by atoms with Gasteiger partial charge in [-0.2, -0.15) is 0 Å². The van der Waals surface area contributed by atoms with E-state index in [-0.39, 0.29) is 0 Å². The van der Waals surface area contributed by atoms with E-state index in [1.807, 2.05) is 0 Å². The van der Waals surface area contributed by atoms with Crippen molar-refractivity contribution in [2.24, 2.45) is 5.92 Å². The topological polar surface area (TPSA) is 21.3 Å². The minimum atomic E-state index is 0.626. The smallest absolute Gasteiger partial charge is 0.126 e. The van der Waals surface area contributed by atoms with Gasteiger partial charge in [-0.05, 0) is 31.4 Å². The molecule has 2 heteroatoms. The second kappa shape index (κ2) is 8.15. The highest BCUT2D eigenvalue weighted by atomic mass is 16.5. The van der Waals surface area contributed by atoms with Crippen LogP contribution in [0.5, 0.6) is 5.75 Å². The van der Waals surface area contributed by atoms with Gasteiger partial charge in [0, 0.05) is 12.1 Å². The first kappa shape index (κ1) is 15.0. The largest absolute Gasteiger partial charge is 0.493 e. The minimum Gasteiger partial charge on any atom is -0.493 e. The van der Waals surface area contributed by atoms with E-state index < -0.39 is 0 Å². The lowest BCUT2D eigenvalue weighted by atomic mass is 10.1. The summed E-state index contributed by atoms with van der Waals surface area (Å²) >= 11 is 0. The molecule has 0 saturated carbocycles. The second-order valence-electron chi connectivity index (χ2n) is 5.05. The molecule has 1 aromatic carbocycles. The third kappa shape index (κ3) is 4.69. The fourth-order valence-corrected chi connectivity index (χ4v) is 2.12. The summed E-state index contributed by atoms with van der Waals surface area (Å²) in [7, 11) is 0. The van der Waals surface area contributed by atoms with Crippen molar-refractivity contribution in [3.63, 3.8) is 0 Å². The Morgan fingerprint density at radius 1 is 1.28 bits per heavy atom. The molecule has 1 atom stereocenters. The van der Waals surface area contributed by atoms with Crippen LogP contribution in [0.3, 0.4) is 0 Å². The van der Waals surface area contributed by atoms with Crippen molar-refractivity contribution >= 4 is 0 Å². The average Bonchev–Trinajstić information content (AvgIpc) is 2.35. The second-order valence-corrected chi connectivity index (χ2v) is 5.05. The summed E-state index contributed by atoms with van der Waals surface area (Å²) in [4.78, 5) is 0. The molecule has 0 aliphatic carbocycles. The molecule has 2 nitrogen and oxygen atoms in total. The van der Waals surface area contributed by atoms with Gasteiger partial charge in [0.05, 0.1) is 6.61 Å². The van der Waals surface area contributed by atoms with E-state index in [0.717, 1.165) is 25.4 Å². The van der Waals surface area contributed by atoms with Crippen LogP contribution in [0.2, 0.25) is 0 Å². The van der Waals surface area contributed by atoms with Gasteiger partial charge < -0.3 is 10.1 Å². The van der Waals surface area contributed by atoms with Crippen LogP contribution in [-0.4, -0.2) is 13.2 Å². The molecule has 1 unspecified atom stereocenters. The van der Waals surface area contributed by atoms with E-state index in [4.69, 9.17) is 4.74 Å². The fourth-order valence-electron chi connectivity index (χ4n) is 2.12. The molecule has 18 heavy (non-hydrogen) atoms. The summed E-state index contributed by atoms with van der Waals surface area (Å²) in [6.45, 7) is 11.4. The lowest BCUT2D eigenvalue weighted by Gasteiger charge is -2.17. The van der Waals surface area contributed by atoms with Gasteiger partial charge in [-0.25, -0.2) is 0 Å². The van der Waals surface area contributed by atoms with Crippen LogP contribution >= 0.6 is 0 Å². The summed E-state index contributed by atoms with van der Waals surface area (Å²) in [6.07, 6.45) is 2.46. The first-order valence-electron chi connectivity index (χ1n) is 7.11. The highest BCUT2D eigenvalue weighted by Crippen LogP contribution is 2.24. The Kier molecular flexibility index (Phi) is 6.81. The maximum Gasteiger partial charge on any atom is 0.126 e. The summed E-state index contributed by atoms with van der Waals surface area (Å²) in [5, 5.41) is 3.36. The third-order valence-electron chi connectivity index (χ3n) is 3.15. The number of nitrogens with one attached hydrogen (secondary N) is 1. The van der Waals surface area contributed by atoms with Crippen LogP contribution in [0.4, 0.5) is 0 Å². The zero-order valence-corrected chi connectivity index (χ0v) is 12.3. The Balaban J connectivity index is 2.66. The van der Waals surface area contributed by atoms with Gasteiger partial charge in [0.2, 0.25) is 0 Å². The number of aryl methyl sites for hydroxylation is 1. The van der Waals surface area contributed by atoms with E-state index in [9.17, 15) is 0 Å². The van der Waals surface area contributed by atoms with Gasteiger partial charge in [0.1, 0.15) is 5.75 Å². The van der Waals surface area contributed by atoms with Gasteiger partial charge in [-0.1, -0.05) is 45.4 Å². The zero-order valence-electron chi connectivity index (χ0n) is 12.3. The number of para-hydroxylation sites is 1. The summed E-state index contributed by atoms with van der Waals surface area (Å²) in [5.74, 6) is 1.70. The molecule has 1 N–H and O–H groups in total. The predicted molar refractivity (Wildman–Crippen MR) is 78.1 cm³/mol. The number of benzene rings is 1. The van der Waals surface area contributed by atoms with Crippen molar-refractivity contribution in [2.75, 3.05) is 13.2 Å². The molecule has 0 bridgehead atoms. The number of ether oxygens (including phenoxy) is 1. The minimum absolute atomic E-state index is 0.626. The van der Waals surface area contributed by atoms with Crippen LogP contribution in [0, 0.1) is 12.8 Å². The van der Waals surface area contributed by atoms with Gasteiger partial charge in [0.25, 0.3) is 0 Å². The molecule has 0 amide bonds. The van der Waals surface area contributed by atoms with Gasteiger partial charge in [0.15, 0.2) is 0 Å². The predicted octanol–water partition coefficient (Wildman–Crippen LogP) is 3.92. The number of rotatable bonds is 8. The van der Waals surface area contributed by atoms with E-state index in [1.54, 1.807) is 0 Å². The summed E-state index contributed by atoms with van der Waals surface area (Å²) < 4.78 is 6.04. The van der Waals surface area contributed by atoms with Gasteiger partial charge in [-0.3, -0.25) is 0 Å². The average molecular weight is 249 g/mol. The summed E-state index contributed by atoms with van der Waals surface area (Å²) in [6, 6.07) is 6.37. The van der Waals surface area contributed by atoms with Crippen molar-refractivity contribution in [1.82, 2.24) is 5.32 Å². The van der Waals surface area contributed by atoms with E-state index in [0.29, 0.717) is 5.92 Å². The molecule has 0 aliphatic heterocycles. The Bertz CT molecular complexity index is 349. The Hall–Kier alpha value is -1.02. The van der Waals surface area contributed by atoms with Crippen molar-refractivity contribution in [3.05, 3.63) is 29.3 Å². The maximum atomic E-state index is 6.04. The van der Waals surface area contributed by atoms with Gasteiger partial charge in [-0.15, -0.1) is 0 Å².